The van der Waals surface area contributed by atoms with Crippen LogP contribution in [0.5, 0.6) is 11.5 Å². The predicted molar refractivity (Wildman–Crippen MR) is 73.0 cm³/mol. The van der Waals surface area contributed by atoms with Crippen LogP contribution in [0.4, 0.5) is 0 Å². The van der Waals surface area contributed by atoms with Gasteiger partial charge >= 0.3 is 0 Å². The van der Waals surface area contributed by atoms with E-state index < -0.39 is 0 Å². The SMILES string of the molecule is COc1ccc(C=C(C#N)C(=O)C(C)C)cc1OC. The van der Waals surface area contributed by atoms with Crippen molar-refractivity contribution in [1.82, 2.24) is 0 Å². The number of carbonyl (C=O) groups excluding carboxylic acids is 1. The molecule has 100 valence electrons. The molecule has 1 aromatic rings. The Bertz CT molecular complexity index is 539. The summed E-state index contributed by atoms with van der Waals surface area (Å²) in [6, 6.07) is 7.17. The number of ketones is 1. The van der Waals surface area contributed by atoms with Crippen molar-refractivity contribution in [2.45, 2.75) is 13.8 Å². The summed E-state index contributed by atoms with van der Waals surface area (Å²) >= 11 is 0. The summed E-state index contributed by atoms with van der Waals surface area (Å²) in [6.45, 7) is 3.53. The number of hydrogen-bond donors (Lipinski definition) is 0. The van der Waals surface area contributed by atoms with Crippen LogP contribution in [0.3, 0.4) is 0 Å². The highest BCUT2D eigenvalue weighted by Gasteiger charge is 2.13. The van der Waals surface area contributed by atoms with Gasteiger partial charge in [-0.1, -0.05) is 19.9 Å². The van der Waals surface area contributed by atoms with Crippen molar-refractivity contribution in [2.24, 2.45) is 5.92 Å². The van der Waals surface area contributed by atoms with Crippen LogP contribution in [-0.2, 0) is 4.79 Å². The molecule has 0 N–H and O–H groups in total. The Balaban J connectivity index is 3.17. The first-order valence-corrected chi connectivity index (χ1v) is 5.91. The second-order valence-corrected chi connectivity index (χ2v) is 4.30. The lowest BCUT2D eigenvalue weighted by molar-refractivity contribution is -0.117. The number of ether oxygens (including phenoxy) is 2. The number of benzene rings is 1. The standard InChI is InChI=1S/C15H17NO3/c1-10(2)15(17)12(9-16)7-11-5-6-13(18-3)14(8-11)19-4/h5-8,10H,1-4H3. The highest BCUT2D eigenvalue weighted by atomic mass is 16.5. The summed E-state index contributed by atoms with van der Waals surface area (Å²) in [5.74, 6) is 0.794. The molecule has 0 spiro atoms. The molecule has 0 atom stereocenters. The molecule has 0 amide bonds. The molecule has 0 unspecified atom stereocenters. The highest BCUT2D eigenvalue weighted by molar-refractivity contribution is 6.04. The lowest BCUT2D eigenvalue weighted by Gasteiger charge is -2.08. The highest BCUT2D eigenvalue weighted by Crippen LogP contribution is 2.28. The van der Waals surface area contributed by atoms with Crippen molar-refractivity contribution in [2.75, 3.05) is 14.2 Å². The number of nitrogens with zero attached hydrogens (tertiary/aromatic N) is 1. The first kappa shape index (κ1) is 14.8. The number of carbonyl (C=O) groups is 1. The van der Waals surface area contributed by atoms with Gasteiger partial charge < -0.3 is 9.47 Å². The summed E-state index contributed by atoms with van der Waals surface area (Å²) in [5.41, 5.74) is 0.866. The molecule has 0 aliphatic heterocycles. The summed E-state index contributed by atoms with van der Waals surface area (Å²) in [7, 11) is 3.09. The van der Waals surface area contributed by atoms with Gasteiger partial charge in [0.05, 0.1) is 19.8 Å². The fraction of sp³-hybridized carbons (Fsp3) is 0.333. The number of rotatable bonds is 5. The molecular formula is C15H17NO3. The Morgan fingerprint density at radius 1 is 1.26 bits per heavy atom. The second kappa shape index (κ2) is 6.60. The molecule has 0 aromatic heterocycles. The molecule has 1 aromatic carbocycles. The van der Waals surface area contributed by atoms with E-state index in [1.54, 1.807) is 45.2 Å². The van der Waals surface area contributed by atoms with Gasteiger partial charge in [-0.15, -0.1) is 0 Å². The fourth-order valence-corrected chi connectivity index (χ4v) is 1.58. The molecule has 4 nitrogen and oxygen atoms in total. The largest absolute Gasteiger partial charge is 0.493 e. The van der Waals surface area contributed by atoms with Gasteiger partial charge in [0.2, 0.25) is 0 Å². The molecule has 0 fully saturated rings. The molecule has 0 saturated heterocycles. The van der Waals surface area contributed by atoms with E-state index in [9.17, 15) is 4.79 Å². The quantitative estimate of drug-likeness (QED) is 0.602. The number of Topliss-reactive ketones (excluding diaryl/α,β-unsaturated/α-hetero) is 1. The lowest BCUT2D eigenvalue weighted by Crippen LogP contribution is -2.08. The Kier molecular flexibility index (Phi) is 5.13. The van der Waals surface area contributed by atoms with Crippen molar-refractivity contribution in [3.8, 4) is 17.6 Å². The van der Waals surface area contributed by atoms with Crippen LogP contribution in [0.2, 0.25) is 0 Å². The average molecular weight is 259 g/mol. The van der Waals surface area contributed by atoms with Crippen molar-refractivity contribution in [1.29, 1.82) is 5.26 Å². The van der Waals surface area contributed by atoms with Crippen LogP contribution in [0.1, 0.15) is 19.4 Å². The van der Waals surface area contributed by atoms with Crippen molar-refractivity contribution < 1.29 is 14.3 Å². The number of methoxy groups -OCH3 is 2. The summed E-state index contributed by atoms with van der Waals surface area (Å²) in [4.78, 5) is 11.8. The molecule has 0 aliphatic carbocycles. The van der Waals surface area contributed by atoms with Crippen LogP contribution in [0.15, 0.2) is 23.8 Å². The summed E-state index contributed by atoms with van der Waals surface area (Å²) < 4.78 is 10.3. The van der Waals surface area contributed by atoms with Gasteiger partial charge in [0, 0.05) is 5.92 Å². The maximum Gasteiger partial charge on any atom is 0.175 e. The van der Waals surface area contributed by atoms with E-state index >= 15 is 0 Å². The first-order chi connectivity index (χ1) is 9.03. The van der Waals surface area contributed by atoms with Gasteiger partial charge in [-0.25, -0.2) is 0 Å². The average Bonchev–Trinajstić information content (AvgIpc) is 2.43. The molecule has 4 heteroatoms. The van der Waals surface area contributed by atoms with Gasteiger partial charge in [-0.3, -0.25) is 4.79 Å². The van der Waals surface area contributed by atoms with E-state index in [1.807, 2.05) is 6.07 Å². The Morgan fingerprint density at radius 3 is 2.37 bits per heavy atom. The van der Waals surface area contributed by atoms with E-state index in [-0.39, 0.29) is 17.3 Å². The van der Waals surface area contributed by atoms with Crippen LogP contribution >= 0.6 is 0 Å². The normalized spacial score (nSPS) is 11.1. The minimum Gasteiger partial charge on any atom is -0.493 e. The third kappa shape index (κ3) is 3.59. The third-order valence-corrected chi connectivity index (χ3v) is 2.63. The predicted octanol–water partition coefficient (Wildman–Crippen LogP) is 2.84. The third-order valence-electron chi connectivity index (χ3n) is 2.63. The molecule has 1 rings (SSSR count). The zero-order chi connectivity index (χ0) is 14.4. The van der Waals surface area contributed by atoms with Crippen molar-refractivity contribution in [3.05, 3.63) is 29.3 Å². The smallest absolute Gasteiger partial charge is 0.175 e. The van der Waals surface area contributed by atoms with Crippen LogP contribution in [-0.4, -0.2) is 20.0 Å². The van der Waals surface area contributed by atoms with Crippen LogP contribution in [0, 0.1) is 17.2 Å². The number of nitriles is 1. The minimum atomic E-state index is -0.203. The molecule has 0 heterocycles. The molecule has 0 aliphatic rings. The minimum absolute atomic E-state index is 0.141. The zero-order valence-electron chi connectivity index (χ0n) is 11.6. The fourth-order valence-electron chi connectivity index (χ4n) is 1.58. The van der Waals surface area contributed by atoms with Gasteiger partial charge in [0.1, 0.15) is 6.07 Å². The van der Waals surface area contributed by atoms with Gasteiger partial charge in [-0.2, -0.15) is 5.26 Å². The molecule has 19 heavy (non-hydrogen) atoms. The topological polar surface area (TPSA) is 59.3 Å². The summed E-state index contributed by atoms with van der Waals surface area (Å²) in [5, 5.41) is 9.04. The Labute approximate surface area is 113 Å². The van der Waals surface area contributed by atoms with Crippen molar-refractivity contribution in [3.63, 3.8) is 0 Å². The summed E-state index contributed by atoms with van der Waals surface area (Å²) in [6.07, 6.45) is 1.56. The maximum atomic E-state index is 11.8. The molecule has 0 bridgehead atoms. The van der Waals surface area contributed by atoms with Gasteiger partial charge in [0.25, 0.3) is 0 Å². The molecular weight excluding hydrogens is 242 g/mol. The first-order valence-electron chi connectivity index (χ1n) is 5.91. The van der Waals surface area contributed by atoms with E-state index in [1.165, 1.54) is 7.11 Å². The maximum absolute atomic E-state index is 11.8. The van der Waals surface area contributed by atoms with E-state index in [4.69, 9.17) is 14.7 Å². The molecule has 0 saturated carbocycles. The zero-order valence-corrected chi connectivity index (χ0v) is 11.6. The Morgan fingerprint density at radius 2 is 1.89 bits per heavy atom. The van der Waals surface area contributed by atoms with Crippen molar-refractivity contribution >= 4 is 11.9 Å². The van der Waals surface area contributed by atoms with Crippen LogP contribution in [0.25, 0.3) is 6.08 Å². The monoisotopic (exact) mass is 259 g/mol. The van der Waals surface area contributed by atoms with Gasteiger partial charge in [-0.05, 0) is 23.8 Å². The number of allylic oxidation sites excluding steroid dienone is 1. The van der Waals surface area contributed by atoms with Crippen LogP contribution < -0.4 is 9.47 Å². The van der Waals surface area contributed by atoms with Gasteiger partial charge in [0.15, 0.2) is 17.3 Å². The molecule has 0 radical (unpaired) electrons. The van der Waals surface area contributed by atoms with E-state index in [0.29, 0.717) is 11.5 Å². The Hall–Kier alpha value is -2.28. The second-order valence-electron chi connectivity index (χ2n) is 4.30. The van der Waals surface area contributed by atoms with E-state index in [0.717, 1.165) is 5.56 Å². The number of hydrogen-bond acceptors (Lipinski definition) is 4. The van der Waals surface area contributed by atoms with E-state index in [2.05, 4.69) is 0 Å². The lowest BCUT2D eigenvalue weighted by atomic mass is 10.00.